The second-order valence-electron chi connectivity index (χ2n) is 4.33. The summed E-state index contributed by atoms with van der Waals surface area (Å²) >= 11 is 17.2. The Kier molecular flexibility index (Phi) is 4.76. The number of nitrogens with zero attached hydrogens (tertiary/aromatic N) is 1. The Morgan fingerprint density at radius 3 is 2.00 bits per heavy atom. The number of pyridine rings is 1. The molecular weight excluding hydrogens is 390 g/mol. The van der Waals surface area contributed by atoms with E-state index >= 15 is 0 Å². The Balaban J connectivity index is 2.89. The average Bonchev–Trinajstić information content (AvgIpc) is 2.40. The molecule has 0 saturated carbocycles. The maximum atomic E-state index is 13.2. The monoisotopic (exact) mass is 393 g/mol. The molecule has 0 spiro atoms. The van der Waals surface area contributed by atoms with Gasteiger partial charge in [-0.25, -0.2) is 0 Å². The van der Waals surface area contributed by atoms with Crippen LogP contribution in [0.5, 0.6) is 0 Å². The van der Waals surface area contributed by atoms with Crippen LogP contribution in [0.4, 0.5) is 26.3 Å². The molecule has 0 aliphatic carbocycles. The SMILES string of the molecule is FC(F)(F)c1ccnc(-c2cc(Cl)cc(Cl)c2Cl)c1C(F)(F)F. The fourth-order valence-corrected chi connectivity index (χ4v) is 2.61. The lowest BCUT2D eigenvalue weighted by atomic mass is 10.00. The molecule has 23 heavy (non-hydrogen) atoms. The van der Waals surface area contributed by atoms with Crippen molar-refractivity contribution in [3.05, 3.63) is 50.6 Å². The molecule has 1 aromatic carbocycles. The minimum absolute atomic E-state index is 0.0956. The van der Waals surface area contributed by atoms with E-state index in [2.05, 4.69) is 4.98 Å². The summed E-state index contributed by atoms with van der Waals surface area (Å²) in [7, 11) is 0. The van der Waals surface area contributed by atoms with E-state index in [0.29, 0.717) is 6.20 Å². The summed E-state index contributed by atoms with van der Waals surface area (Å²) in [6.07, 6.45) is -9.93. The molecule has 10 heteroatoms. The van der Waals surface area contributed by atoms with Crippen molar-refractivity contribution in [2.75, 3.05) is 0 Å². The van der Waals surface area contributed by atoms with Gasteiger partial charge in [-0.15, -0.1) is 0 Å². The molecule has 0 aliphatic rings. The Hall–Kier alpha value is -1.18. The van der Waals surface area contributed by atoms with Gasteiger partial charge in [0.05, 0.1) is 26.9 Å². The summed E-state index contributed by atoms with van der Waals surface area (Å²) in [4.78, 5) is 3.41. The van der Waals surface area contributed by atoms with Crippen molar-refractivity contribution in [2.45, 2.75) is 12.4 Å². The summed E-state index contributed by atoms with van der Waals surface area (Å²) in [6.45, 7) is 0. The lowest BCUT2D eigenvalue weighted by Gasteiger charge is -2.19. The van der Waals surface area contributed by atoms with Crippen molar-refractivity contribution in [1.29, 1.82) is 0 Å². The molecule has 0 aliphatic heterocycles. The van der Waals surface area contributed by atoms with Gasteiger partial charge < -0.3 is 0 Å². The van der Waals surface area contributed by atoms with Gasteiger partial charge in [-0.3, -0.25) is 4.98 Å². The van der Waals surface area contributed by atoms with Crippen molar-refractivity contribution in [2.24, 2.45) is 0 Å². The van der Waals surface area contributed by atoms with Crippen molar-refractivity contribution < 1.29 is 26.3 Å². The number of aromatic nitrogens is 1. The molecular formula is C13H4Cl3F6N. The third-order valence-corrected chi connectivity index (χ3v) is 3.81. The highest BCUT2D eigenvalue weighted by atomic mass is 35.5. The zero-order valence-corrected chi connectivity index (χ0v) is 12.9. The van der Waals surface area contributed by atoms with Gasteiger partial charge in [0.1, 0.15) is 0 Å². The minimum atomic E-state index is -5.31. The first-order chi connectivity index (χ1) is 10.4. The number of hydrogen-bond donors (Lipinski definition) is 0. The molecule has 0 fully saturated rings. The van der Waals surface area contributed by atoms with Crippen molar-refractivity contribution in [1.82, 2.24) is 4.98 Å². The van der Waals surface area contributed by atoms with Crippen LogP contribution in [-0.2, 0) is 12.4 Å². The maximum absolute atomic E-state index is 13.2. The van der Waals surface area contributed by atoms with Crippen molar-refractivity contribution >= 4 is 34.8 Å². The van der Waals surface area contributed by atoms with Gasteiger partial charge in [0.25, 0.3) is 0 Å². The molecule has 2 aromatic rings. The standard InChI is InChI=1S/C13H4Cl3F6N/c14-5-3-6(10(16)8(15)4-5)11-9(13(20,21)22)7(1-2-23-11)12(17,18)19/h1-4H. The second kappa shape index (κ2) is 6.03. The molecule has 0 amide bonds. The molecule has 0 unspecified atom stereocenters. The lowest BCUT2D eigenvalue weighted by molar-refractivity contribution is -0.161. The molecule has 1 aromatic heterocycles. The Morgan fingerprint density at radius 2 is 1.48 bits per heavy atom. The minimum Gasteiger partial charge on any atom is -0.256 e. The van der Waals surface area contributed by atoms with Crippen LogP contribution in [-0.4, -0.2) is 4.98 Å². The van der Waals surface area contributed by atoms with Gasteiger partial charge in [-0.1, -0.05) is 34.8 Å². The number of halogens is 9. The lowest BCUT2D eigenvalue weighted by Crippen LogP contribution is -2.18. The maximum Gasteiger partial charge on any atom is 0.419 e. The van der Waals surface area contributed by atoms with Gasteiger partial charge in [0.2, 0.25) is 0 Å². The third-order valence-electron chi connectivity index (χ3n) is 2.79. The molecule has 0 radical (unpaired) electrons. The molecule has 0 atom stereocenters. The first kappa shape index (κ1) is 18.2. The zero-order valence-electron chi connectivity index (χ0n) is 10.7. The average molecular weight is 395 g/mol. The van der Waals surface area contributed by atoms with Crippen LogP contribution in [0.2, 0.25) is 15.1 Å². The van der Waals surface area contributed by atoms with E-state index in [0.717, 1.165) is 12.1 Å². The van der Waals surface area contributed by atoms with Crippen molar-refractivity contribution in [3.8, 4) is 11.3 Å². The van der Waals surface area contributed by atoms with Gasteiger partial charge >= 0.3 is 12.4 Å². The van der Waals surface area contributed by atoms with E-state index in [4.69, 9.17) is 34.8 Å². The molecule has 2 rings (SSSR count). The van der Waals surface area contributed by atoms with Gasteiger partial charge in [-0.05, 0) is 18.2 Å². The van der Waals surface area contributed by atoms with Crippen LogP contribution >= 0.6 is 34.8 Å². The summed E-state index contributed by atoms with van der Waals surface area (Å²) in [6, 6.07) is 2.36. The van der Waals surface area contributed by atoms with E-state index in [-0.39, 0.29) is 21.1 Å². The summed E-state index contributed by atoms with van der Waals surface area (Å²) in [5, 5.41) is -0.684. The molecule has 0 N–H and O–H groups in total. The first-order valence-corrected chi connectivity index (χ1v) is 6.84. The van der Waals surface area contributed by atoms with Crippen LogP contribution in [0, 0.1) is 0 Å². The summed E-state index contributed by atoms with van der Waals surface area (Å²) < 4.78 is 78.4. The quantitative estimate of drug-likeness (QED) is 0.385. The van der Waals surface area contributed by atoms with E-state index in [1.54, 1.807) is 0 Å². The number of alkyl halides is 6. The fourth-order valence-electron chi connectivity index (χ4n) is 1.92. The largest absolute Gasteiger partial charge is 0.419 e. The van der Waals surface area contributed by atoms with E-state index in [1.807, 2.05) is 0 Å². The highest BCUT2D eigenvalue weighted by molar-refractivity contribution is 6.45. The molecule has 124 valence electrons. The van der Waals surface area contributed by atoms with Gasteiger partial charge in [0, 0.05) is 16.8 Å². The molecule has 0 bridgehead atoms. The highest BCUT2D eigenvalue weighted by Crippen LogP contribution is 2.46. The van der Waals surface area contributed by atoms with Crippen LogP contribution in [0.3, 0.4) is 0 Å². The zero-order chi connectivity index (χ0) is 17.6. The van der Waals surface area contributed by atoms with Crippen LogP contribution < -0.4 is 0 Å². The Morgan fingerprint density at radius 1 is 0.870 bits per heavy atom. The smallest absolute Gasteiger partial charge is 0.256 e. The molecule has 1 heterocycles. The van der Waals surface area contributed by atoms with E-state index in [1.165, 1.54) is 0 Å². The first-order valence-electron chi connectivity index (χ1n) is 5.71. The van der Waals surface area contributed by atoms with Gasteiger partial charge in [0.15, 0.2) is 0 Å². The predicted molar refractivity (Wildman–Crippen MR) is 74.7 cm³/mol. The van der Waals surface area contributed by atoms with E-state index < -0.39 is 34.7 Å². The molecule has 0 saturated heterocycles. The molecule has 1 nitrogen and oxygen atoms in total. The Bertz CT molecular complexity index is 755. The van der Waals surface area contributed by atoms with Crippen LogP contribution in [0.25, 0.3) is 11.3 Å². The predicted octanol–water partition coefficient (Wildman–Crippen LogP) is 6.75. The summed E-state index contributed by atoms with van der Waals surface area (Å²) in [5.41, 5.74) is -5.26. The number of benzene rings is 1. The second-order valence-corrected chi connectivity index (χ2v) is 5.55. The normalized spacial score (nSPS) is 12.6. The topological polar surface area (TPSA) is 12.9 Å². The van der Waals surface area contributed by atoms with Crippen LogP contribution in [0.15, 0.2) is 24.4 Å². The van der Waals surface area contributed by atoms with Crippen molar-refractivity contribution in [3.63, 3.8) is 0 Å². The fraction of sp³-hybridized carbons (Fsp3) is 0.154. The Labute approximate surface area is 140 Å². The van der Waals surface area contributed by atoms with E-state index in [9.17, 15) is 26.3 Å². The van der Waals surface area contributed by atoms with Crippen LogP contribution in [0.1, 0.15) is 11.1 Å². The third kappa shape index (κ3) is 3.67. The number of hydrogen-bond acceptors (Lipinski definition) is 1. The highest BCUT2D eigenvalue weighted by Gasteiger charge is 2.45. The number of rotatable bonds is 1. The van der Waals surface area contributed by atoms with Gasteiger partial charge in [-0.2, -0.15) is 26.3 Å². The summed E-state index contributed by atoms with van der Waals surface area (Å²) in [5.74, 6) is 0.